The lowest BCUT2D eigenvalue weighted by atomic mass is 9.90. The third-order valence-electron chi connectivity index (χ3n) is 2.93. The Hall–Kier alpha value is -0.430. The Morgan fingerprint density at radius 1 is 1.33 bits per heavy atom. The summed E-state index contributed by atoms with van der Waals surface area (Å²) in [5.41, 5.74) is 0.802. The van der Waals surface area contributed by atoms with Gasteiger partial charge in [0.05, 0.1) is 30.1 Å². The van der Waals surface area contributed by atoms with Crippen LogP contribution < -0.4 is 0 Å². The van der Waals surface area contributed by atoms with E-state index < -0.39 is 10.1 Å². The molecule has 0 aromatic heterocycles. The molecule has 6 heteroatoms. The number of ether oxygens (including phenoxy) is 1. The number of hydrogen-bond donors (Lipinski definition) is 0. The molecule has 1 aliphatic rings. The van der Waals surface area contributed by atoms with E-state index in [1.165, 1.54) is 0 Å². The Bertz CT molecular complexity index is 500. The Kier molecular flexibility index (Phi) is 4.11. The second-order valence-electron chi connectivity index (χ2n) is 4.66. The summed E-state index contributed by atoms with van der Waals surface area (Å²) in [5.74, 6) is 0. The van der Waals surface area contributed by atoms with Crippen LogP contribution in [0, 0.1) is 12.3 Å². The van der Waals surface area contributed by atoms with E-state index in [2.05, 4.69) is 15.9 Å². The van der Waals surface area contributed by atoms with Crippen molar-refractivity contribution >= 4 is 26.0 Å². The molecule has 0 spiro atoms. The smallest absolute Gasteiger partial charge is 0.296 e. The highest BCUT2D eigenvalue weighted by molar-refractivity contribution is 9.09. The molecule has 0 radical (unpaired) electrons. The lowest BCUT2D eigenvalue weighted by Gasteiger charge is -2.39. The lowest BCUT2D eigenvalue weighted by Crippen LogP contribution is -2.48. The van der Waals surface area contributed by atoms with E-state index in [0.717, 1.165) is 5.56 Å². The summed E-state index contributed by atoms with van der Waals surface area (Å²) in [7, 11) is -3.67. The number of halogens is 1. The minimum Gasteiger partial charge on any atom is -0.380 e. The maximum atomic E-state index is 12.0. The van der Waals surface area contributed by atoms with Gasteiger partial charge in [0.1, 0.15) is 0 Å². The van der Waals surface area contributed by atoms with E-state index in [9.17, 15) is 8.42 Å². The molecular weight excluding hydrogens is 320 g/mol. The van der Waals surface area contributed by atoms with E-state index in [4.69, 9.17) is 8.92 Å². The standard InChI is InChI=1S/C12H15BrO4S/c1-10-2-4-11(5-3-10)18(14,15)17-9-12(6-13)7-16-8-12/h2-5H,6-9H2,1H3. The van der Waals surface area contributed by atoms with Crippen LogP contribution in [0.1, 0.15) is 5.56 Å². The van der Waals surface area contributed by atoms with E-state index in [1.54, 1.807) is 24.3 Å². The molecule has 0 saturated carbocycles. The molecule has 0 atom stereocenters. The fourth-order valence-electron chi connectivity index (χ4n) is 1.57. The molecule has 1 aliphatic heterocycles. The zero-order valence-electron chi connectivity index (χ0n) is 10.1. The average Bonchev–Trinajstić information content (AvgIpc) is 2.29. The molecule has 0 N–H and O–H groups in total. The number of aryl methyl sites for hydroxylation is 1. The van der Waals surface area contributed by atoms with Crippen molar-refractivity contribution in [3.8, 4) is 0 Å². The summed E-state index contributed by atoms with van der Waals surface area (Å²) in [5, 5.41) is 0.670. The molecule has 100 valence electrons. The number of alkyl halides is 1. The highest BCUT2D eigenvalue weighted by Crippen LogP contribution is 2.31. The molecule has 1 aromatic carbocycles. The second-order valence-corrected chi connectivity index (χ2v) is 6.83. The van der Waals surface area contributed by atoms with Gasteiger partial charge >= 0.3 is 0 Å². The van der Waals surface area contributed by atoms with Gasteiger partial charge in [0.25, 0.3) is 10.1 Å². The predicted molar refractivity (Wildman–Crippen MR) is 71.4 cm³/mol. The highest BCUT2D eigenvalue weighted by atomic mass is 79.9. The van der Waals surface area contributed by atoms with Crippen molar-refractivity contribution in [2.45, 2.75) is 11.8 Å². The van der Waals surface area contributed by atoms with Gasteiger partial charge in [-0.25, -0.2) is 0 Å². The van der Waals surface area contributed by atoms with Gasteiger partial charge in [-0.3, -0.25) is 4.18 Å². The Balaban J connectivity index is 2.05. The summed E-state index contributed by atoms with van der Waals surface area (Å²) in [4.78, 5) is 0.193. The molecule has 2 rings (SSSR count). The zero-order chi connectivity index (χ0) is 13.2. The van der Waals surface area contributed by atoms with Crippen molar-refractivity contribution in [3.63, 3.8) is 0 Å². The largest absolute Gasteiger partial charge is 0.380 e. The molecule has 0 bridgehead atoms. The lowest BCUT2D eigenvalue weighted by molar-refractivity contribution is -0.115. The first-order valence-corrected chi connectivity index (χ1v) is 8.10. The van der Waals surface area contributed by atoms with Crippen LogP contribution in [-0.4, -0.2) is 33.6 Å². The van der Waals surface area contributed by atoms with Crippen LogP contribution in [0.3, 0.4) is 0 Å². The van der Waals surface area contributed by atoms with Gasteiger partial charge in [-0.2, -0.15) is 8.42 Å². The van der Waals surface area contributed by atoms with Gasteiger partial charge in [-0.1, -0.05) is 33.6 Å². The highest BCUT2D eigenvalue weighted by Gasteiger charge is 2.39. The Labute approximate surface area is 116 Å². The van der Waals surface area contributed by atoms with Crippen molar-refractivity contribution in [2.75, 3.05) is 25.2 Å². The first-order valence-electron chi connectivity index (χ1n) is 5.57. The summed E-state index contributed by atoms with van der Waals surface area (Å²) in [6.45, 7) is 3.11. The minimum atomic E-state index is -3.67. The number of benzene rings is 1. The monoisotopic (exact) mass is 334 g/mol. The quantitative estimate of drug-likeness (QED) is 0.611. The topological polar surface area (TPSA) is 52.6 Å². The molecular formula is C12H15BrO4S. The molecule has 4 nitrogen and oxygen atoms in total. The number of rotatable bonds is 5. The van der Waals surface area contributed by atoms with Crippen molar-refractivity contribution < 1.29 is 17.3 Å². The van der Waals surface area contributed by atoms with Crippen LogP contribution in [0.4, 0.5) is 0 Å². The normalized spacial score (nSPS) is 18.3. The van der Waals surface area contributed by atoms with E-state index in [-0.39, 0.29) is 16.9 Å². The molecule has 0 aliphatic carbocycles. The molecule has 1 aromatic rings. The first kappa shape index (κ1) is 14.0. The van der Waals surface area contributed by atoms with Crippen molar-refractivity contribution in [2.24, 2.45) is 5.41 Å². The predicted octanol–water partition coefficient (Wildman–Crippen LogP) is 2.11. The zero-order valence-corrected chi connectivity index (χ0v) is 12.5. The molecule has 1 saturated heterocycles. The molecule has 1 heterocycles. The summed E-state index contributed by atoms with van der Waals surface area (Å²) >= 11 is 3.36. The van der Waals surface area contributed by atoms with Gasteiger partial charge in [0.15, 0.2) is 0 Å². The van der Waals surface area contributed by atoms with Crippen molar-refractivity contribution in [1.29, 1.82) is 0 Å². The minimum absolute atomic E-state index is 0.147. The van der Waals surface area contributed by atoms with Crippen molar-refractivity contribution in [1.82, 2.24) is 0 Å². The fourth-order valence-corrected chi connectivity index (χ4v) is 3.06. The van der Waals surface area contributed by atoms with Crippen LogP contribution in [0.25, 0.3) is 0 Å². The Morgan fingerprint density at radius 3 is 2.39 bits per heavy atom. The molecule has 1 fully saturated rings. The molecule has 0 amide bonds. The van der Waals surface area contributed by atoms with Crippen LogP contribution >= 0.6 is 15.9 Å². The van der Waals surface area contributed by atoms with Crippen LogP contribution in [-0.2, 0) is 19.0 Å². The van der Waals surface area contributed by atoms with E-state index >= 15 is 0 Å². The maximum Gasteiger partial charge on any atom is 0.296 e. The van der Waals surface area contributed by atoms with Crippen LogP contribution in [0.15, 0.2) is 29.2 Å². The first-order chi connectivity index (χ1) is 8.47. The van der Waals surface area contributed by atoms with E-state index in [0.29, 0.717) is 18.5 Å². The second kappa shape index (κ2) is 5.28. The third-order valence-corrected chi connectivity index (χ3v) is 5.40. The summed E-state index contributed by atoms with van der Waals surface area (Å²) in [6.07, 6.45) is 0. The maximum absolute atomic E-state index is 12.0. The summed E-state index contributed by atoms with van der Waals surface area (Å²) < 4.78 is 34.2. The Morgan fingerprint density at radius 2 is 1.94 bits per heavy atom. The number of hydrogen-bond acceptors (Lipinski definition) is 4. The van der Waals surface area contributed by atoms with Crippen molar-refractivity contribution in [3.05, 3.63) is 29.8 Å². The summed E-state index contributed by atoms with van der Waals surface area (Å²) in [6, 6.07) is 6.62. The average molecular weight is 335 g/mol. The fraction of sp³-hybridized carbons (Fsp3) is 0.500. The van der Waals surface area contributed by atoms with Crippen LogP contribution in [0.2, 0.25) is 0 Å². The third kappa shape index (κ3) is 2.93. The molecule has 0 unspecified atom stereocenters. The van der Waals surface area contributed by atoms with Gasteiger partial charge in [-0.15, -0.1) is 0 Å². The van der Waals surface area contributed by atoms with Gasteiger partial charge in [-0.05, 0) is 19.1 Å². The van der Waals surface area contributed by atoms with Crippen LogP contribution in [0.5, 0.6) is 0 Å². The SMILES string of the molecule is Cc1ccc(S(=O)(=O)OCC2(CBr)COC2)cc1. The van der Waals surface area contributed by atoms with E-state index in [1.807, 2.05) is 6.92 Å². The van der Waals surface area contributed by atoms with Gasteiger partial charge < -0.3 is 4.74 Å². The van der Waals surface area contributed by atoms with Gasteiger partial charge in [0.2, 0.25) is 0 Å². The molecule has 18 heavy (non-hydrogen) atoms. The van der Waals surface area contributed by atoms with Gasteiger partial charge in [0, 0.05) is 5.33 Å².